The highest BCUT2D eigenvalue weighted by molar-refractivity contribution is 5.22. The highest BCUT2D eigenvalue weighted by atomic mass is 19.1. The summed E-state index contributed by atoms with van der Waals surface area (Å²) >= 11 is 0. The van der Waals surface area contributed by atoms with Crippen LogP contribution in [0.1, 0.15) is 24.4 Å². The molecule has 2 nitrogen and oxygen atoms in total. The summed E-state index contributed by atoms with van der Waals surface area (Å²) in [6, 6.07) is 2.90. The van der Waals surface area contributed by atoms with Gasteiger partial charge in [-0.25, -0.2) is 8.78 Å². The van der Waals surface area contributed by atoms with E-state index in [1.807, 2.05) is 0 Å². The first-order valence-corrected chi connectivity index (χ1v) is 5.36. The second-order valence-electron chi connectivity index (χ2n) is 4.27. The van der Waals surface area contributed by atoms with Crippen molar-refractivity contribution in [2.24, 2.45) is 11.7 Å². The molecule has 1 aliphatic rings. The van der Waals surface area contributed by atoms with Crippen LogP contribution >= 0.6 is 0 Å². The molecule has 2 atom stereocenters. The van der Waals surface area contributed by atoms with E-state index in [-0.39, 0.29) is 6.10 Å². The Labute approximate surface area is 93.4 Å². The van der Waals surface area contributed by atoms with Crippen LogP contribution in [-0.4, -0.2) is 13.2 Å². The topological polar surface area (TPSA) is 35.2 Å². The van der Waals surface area contributed by atoms with Gasteiger partial charge in [0.05, 0.1) is 12.1 Å². The molecule has 0 radical (unpaired) electrons. The molecule has 0 saturated heterocycles. The normalized spacial score (nSPS) is 19.5. The van der Waals surface area contributed by atoms with Gasteiger partial charge in [0.15, 0.2) is 0 Å². The van der Waals surface area contributed by atoms with Crippen LogP contribution in [0.3, 0.4) is 0 Å². The lowest BCUT2D eigenvalue weighted by atomic mass is 9.99. The maximum Gasteiger partial charge on any atom is 0.126 e. The van der Waals surface area contributed by atoms with E-state index in [0.29, 0.717) is 11.5 Å². The van der Waals surface area contributed by atoms with Crippen LogP contribution in [0.2, 0.25) is 0 Å². The van der Waals surface area contributed by atoms with E-state index in [4.69, 9.17) is 10.5 Å². The first kappa shape index (κ1) is 11.5. The van der Waals surface area contributed by atoms with Gasteiger partial charge in [-0.3, -0.25) is 0 Å². The van der Waals surface area contributed by atoms with Crippen molar-refractivity contribution in [1.82, 2.24) is 0 Å². The molecule has 0 aliphatic heterocycles. The lowest BCUT2D eigenvalue weighted by molar-refractivity contribution is 0.0622. The van der Waals surface area contributed by atoms with Crippen molar-refractivity contribution in [2.45, 2.75) is 25.0 Å². The third-order valence-electron chi connectivity index (χ3n) is 2.98. The molecule has 2 N–H and O–H groups in total. The van der Waals surface area contributed by atoms with E-state index in [1.54, 1.807) is 7.11 Å². The van der Waals surface area contributed by atoms with Crippen molar-refractivity contribution in [3.8, 4) is 0 Å². The molecule has 0 aromatic heterocycles. The number of methoxy groups -OCH3 is 1. The smallest absolute Gasteiger partial charge is 0.126 e. The molecule has 0 spiro atoms. The molecule has 2 unspecified atom stereocenters. The van der Waals surface area contributed by atoms with Crippen LogP contribution in [0, 0.1) is 17.6 Å². The predicted octanol–water partition coefficient (Wildman–Crippen LogP) is 2.39. The zero-order valence-electron chi connectivity index (χ0n) is 9.12. The van der Waals surface area contributed by atoms with E-state index in [1.165, 1.54) is 12.1 Å². The van der Waals surface area contributed by atoms with Gasteiger partial charge in [0.1, 0.15) is 11.6 Å². The fourth-order valence-electron chi connectivity index (χ4n) is 2.01. The minimum absolute atomic E-state index is 0.152. The summed E-state index contributed by atoms with van der Waals surface area (Å²) < 4.78 is 31.4. The highest BCUT2D eigenvalue weighted by Crippen LogP contribution is 2.39. The van der Waals surface area contributed by atoms with Crippen molar-refractivity contribution in [2.75, 3.05) is 7.11 Å². The Morgan fingerprint density at radius 1 is 1.25 bits per heavy atom. The van der Waals surface area contributed by atoms with Crippen molar-refractivity contribution in [1.29, 1.82) is 0 Å². The molecular formula is C12H15F2NO. The molecule has 1 aliphatic carbocycles. The molecule has 1 saturated carbocycles. The average Bonchev–Trinajstić information content (AvgIpc) is 3.01. The maximum atomic E-state index is 13.0. The predicted molar refractivity (Wildman–Crippen MR) is 56.8 cm³/mol. The molecule has 16 heavy (non-hydrogen) atoms. The van der Waals surface area contributed by atoms with Gasteiger partial charge < -0.3 is 10.5 Å². The van der Waals surface area contributed by atoms with Crippen LogP contribution in [0.5, 0.6) is 0 Å². The van der Waals surface area contributed by atoms with Gasteiger partial charge in [-0.05, 0) is 36.5 Å². The van der Waals surface area contributed by atoms with Crippen LogP contribution in [-0.2, 0) is 4.74 Å². The molecule has 2 rings (SSSR count). The number of benzene rings is 1. The third kappa shape index (κ3) is 2.39. The first-order valence-electron chi connectivity index (χ1n) is 5.36. The molecule has 4 heteroatoms. The van der Waals surface area contributed by atoms with Crippen LogP contribution in [0.25, 0.3) is 0 Å². The number of rotatable bonds is 4. The fraction of sp³-hybridized carbons (Fsp3) is 0.500. The lowest BCUT2D eigenvalue weighted by Gasteiger charge is -2.22. The summed E-state index contributed by atoms with van der Waals surface area (Å²) in [6.07, 6.45) is 2.00. The fourth-order valence-corrected chi connectivity index (χ4v) is 2.01. The molecular weight excluding hydrogens is 212 g/mol. The van der Waals surface area contributed by atoms with Gasteiger partial charge in [-0.1, -0.05) is 0 Å². The summed E-state index contributed by atoms with van der Waals surface area (Å²) in [7, 11) is 1.58. The monoisotopic (exact) mass is 227 g/mol. The SMILES string of the molecule is COC(C1CC1)C(N)c1cc(F)cc(F)c1. The van der Waals surface area contributed by atoms with E-state index in [9.17, 15) is 8.78 Å². The van der Waals surface area contributed by atoms with E-state index in [0.717, 1.165) is 18.9 Å². The van der Waals surface area contributed by atoms with Crippen LogP contribution < -0.4 is 5.73 Å². The standard InChI is InChI=1S/C12H15F2NO/c1-16-12(7-2-3-7)11(15)8-4-9(13)6-10(14)5-8/h4-7,11-12H,2-3,15H2,1H3. The molecule has 0 amide bonds. The summed E-state index contributed by atoms with van der Waals surface area (Å²) in [5.41, 5.74) is 6.43. The highest BCUT2D eigenvalue weighted by Gasteiger charge is 2.36. The van der Waals surface area contributed by atoms with Crippen molar-refractivity contribution in [3.05, 3.63) is 35.4 Å². The number of ether oxygens (including phenoxy) is 1. The van der Waals surface area contributed by atoms with Crippen LogP contribution in [0.15, 0.2) is 18.2 Å². The van der Waals surface area contributed by atoms with E-state index >= 15 is 0 Å². The van der Waals surface area contributed by atoms with Crippen LogP contribution in [0.4, 0.5) is 8.78 Å². The quantitative estimate of drug-likeness (QED) is 0.857. The summed E-state index contributed by atoms with van der Waals surface area (Å²) in [5, 5.41) is 0. The average molecular weight is 227 g/mol. The summed E-state index contributed by atoms with van der Waals surface area (Å²) in [5.74, 6) is -0.779. The molecule has 1 fully saturated rings. The Morgan fingerprint density at radius 2 is 1.81 bits per heavy atom. The minimum atomic E-state index is -0.601. The van der Waals surface area contributed by atoms with E-state index in [2.05, 4.69) is 0 Å². The second kappa shape index (κ2) is 4.47. The van der Waals surface area contributed by atoms with Gasteiger partial charge in [0, 0.05) is 13.2 Å². The largest absolute Gasteiger partial charge is 0.379 e. The maximum absolute atomic E-state index is 13.0. The summed E-state index contributed by atoms with van der Waals surface area (Å²) in [6.45, 7) is 0. The van der Waals surface area contributed by atoms with E-state index < -0.39 is 17.7 Å². The van der Waals surface area contributed by atoms with Gasteiger partial charge in [0.2, 0.25) is 0 Å². The van der Waals surface area contributed by atoms with Gasteiger partial charge in [-0.15, -0.1) is 0 Å². The Bertz CT molecular complexity index is 359. The third-order valence-corrected chi connectivity index (χ3v) is 2.98. The second-order valence-corrected chi connectivity index (χ2v) is 4.27. The van der Waals surface area contributed by atoms with Gasteiger partial charge in [0.25, 0.3) is 0 Å². The molecule has 1 aromatic rings. The minimum Gasteiger partial charge on any atom is -0.379 e. The Morgan fingerprint density at radius 3 is 2.25 bits per heavy atom. The summed E-state index contributed by atoms with van der Waals surface area (Å²) in [4.78, 5) is 0. The lowest BCUT2D eigenvalue weighted by Crippen LogP contribution is -2.30. The van der Waals surface area contributed by atoms with Crippen molar-refractivity contribution >= 4 is 0 Å². The van der Waals surface area contributed by atoms with Gasteiger partial charge >= 0.3 is 0 Å². The zero-order valence-corrected chi connectivity index (χ0v) is 9.12. The van der Waals surface area contributed by atoms with Crippen molar-refractivity contribution in [3.63, 3.8) is 0 Å². The zero-order chi connectivity index (χ0) is 11.7. The molecule has 1 aromatic carbocycles. The number of nitrogens with two attached hydrogens (primary N) is 1. The Balaban J connectivity index is 2.21. The number of hydrogen-bond acceptors (Lipinski definition) is 2. The van der Waals surface area contributed by atoms with Crippen molar-refractivity contribution < 1.29 is 13.5 Å². The first-order chi connectivity index (χ1) is 7.61. The molecule has 0 bridgehead atoms. The number of hydrogen-bond donors (Lipinski definition) is 1. The Kier molecular flexibility index (Phi) is 3.21. The molecule has 0 heterocycles. The number of halogens is 2. The Hall–Kier alpha value is -1.00. The molecule has 88 valence electrons. The van der Waals surface area contributed by atoms with Gasteiger partial charge in [-0.2, -0.15) is 0 Å².